The molecule has 0 aromatic rings. The molecular formula is C10H14O2. The van der Waals surface area contributed by atoms with Crippen molar-refractivity contribution in [3.05, 3.63) is 37.0 Å². The van der Waals surface area contributed by atoms with Crippen LogP contribution in [-0.4, -0.2) is 11.1 Å². The second-order valence-corrected chi connectivity index (χ2v) is 2.70. The van der Waals surface area contributed by atoms with Crippen LogP contribution in [-0.2, 0) is 4.79 Å². The van der Waals surface area contributed by atoms with Gasteiger partial charge in [0, 0.05) is 0 Å². The Hall–Kier alpha value is -1.31. The fourth-order valence-corrected chi connectivity index (χ4v) is 0.753. The topological polar surface area (TPSA) is 37.3 Å². The first-order valence-corrected chi connectivity index (χ1v) is 3.77. The first kappa shape index (κ1) is 10.7. The van der Waals surface area contributed by atoms with E-state index < -0.39 is 5.97 Å². The van der Waals surface area contributed by atoms with Crippen molar-refractivity contribution in [2.24, 2.45) is 5.92 Å². The van der Waals surface area contributed by atoms with Crippen LogP contribution in [0.15, 0.2) is 37.0 Å². The van der Waals surface area contributed by atoms with Crippen molar-refractivity contribution in [3.63, 3.8) is 0 Å². The lowest BCUT2D eigenvalue weighted by Crippen LogP contribution is -2.09. The zero-order valence-corrected chi connectivity index (χ0v) is 7.29. The van der Waals surface area contributed by atoms with Crippen LogP contribution in [0.25, 0.3) is 0 Å². The van der Waals surface area contributed by atoms with Crippen molar-refractivity contribution in [1.82, 2.24) is 0 Å². The summed E-state index contributed by atoms with van der Waals surface area (Å²) in [5.41, 5.74) is 0.810. The lowest BCUT2D eigenvalue weighted by Gasteiger charge is -2.04. The van der Waals surface area contributed by atoms with E-state index in [-0.39, 0.29) is 5.92 Å². The summed E-state index contributed by atoms with van der Waals surface area (Å²) >= 11 is 0. The first-order chi connectivity index (χ1) is 5.57. The third-order valence-electron chi connectivity index (χ3n) is 1.46. The van der Waals surface area contributed by atoms with Crippen LogP contribution in [0.4, 0.5) is 0 Å². The molecule has 0 saturated carbocycles. The Morgan fingerprint density at radius 3 is 2.67 bits per heavy atom. The average Bonchev–Trinajstić information content (AvgIpc) is 2.00. The summed E-state index contributed by atoms with van der Waals surface area (Å²) in [6.07, 6.45) is 5.64. The van der Waals surface area contributed by atoms with E-state index in [1.807, 2.05) is 0 Å². The summed E-state index contributed by atoms with van der Waals surface area (Å²) < 4.78 is 0. The third-order valence-corrected chi connectivity index (χ3v) is 1.46. The highest BCUT2D eigenvalue weighted by Gasteiger charge is 2.10. The number of hydrogen-bond acceptors (Lipinski definition) is 1. The van der Waals surface area contributed by atoms with Crippen molar-refractivity contribution in [1.29, 1.82) is 0 Å². The number of carboxylic acids is 1. The molecule has 2 nitrogen and oxygen atoms in total. The molecule has 12 heavy (non-hydrogen) atoms. The highest BCUT2D eigenvalue weighted by atomic mass is 16.4. The van der Waals surface area contributed by atoms with Gasteiger partial charge in [-0.2, -0.15) is 0 Å². The maximum Gasteiger partial charge on any atom is 0.306 e. The van der Waals surface area contributed by atoms with Crippen LogP contribution in [0, 0.1) is 5.92 Å². The van der Waals surface area contributed by atoms with E-state index in [2.05, 4.69) is 13.2 Å². The minimum atomic E-state index is -0.789. The molecule has 0 rings (SSSR count). The Kier molecular flexibility index (Phi) is 4.77. The second-order valence-electron chi connectivity index (χ2n) is 2.70. The van der Waals surface area contributed by atoms with Crippen molar-refractivity contribution < 1.29 is 9.90 Å². The zero-order chi connectivity index (χ0) is 9.56. The highest BCUT2D eigenvalue weighted by Crippen LogP contribution is 2.10. The van der Waals surface area contributed by atoms with Crippen LogP contribution >= 0.6 is 0 Å². The molecular weight excluding hydrogens is 152 g/mol. The van der Waals surface area contributed by atoms with Gasteiger partial charge in [0.25, 0.3) is 0 Å². The molecule has 0 heterocycles. The zero-order valence-electron chi connectivity index (χ0n) is 7.29. The van der Waals surface area contributed by atoms with E-state index >= 15 is 0 Å². The van der Waals surface area contributed by atoms with Crippen LogP contribution in [0.1, 0.15) is 13.3 Å². The molecule has 0 fully saturated rings. The van der Waals surface area contributed by atoms with Gasteiger partial charge in [0.15, 0.2) is 0 Å². The van der Waals surface area contributed by atoms with E-state index in [0.717, 1.165) is 5.57 Å². The standard InChI is InChI=1S/C10H14O2/c1-4-5-6-8(2)7-9(3)10(11)12/h4-6,9H,1-2,7H2,3H3,(H,11,12)/b6-5-. The smallest absolute Gasteiger partial charge is 0.306 e. The number of carbonyl (C=O) groups is 1. The van der Waals surface area contributed by atoms with Gasteiger partial charge in [-0.25, -0.2) is 0 Å². The summed E-state index contributed by atoms with van der Waals surface area (Å²) in [4.78, 5) is 10.4. The minimum Gasteiger partial charge on any atom is -0.481 e. The Morgan fingerprint density at radius 2 is 2.25 bits per heavy atom. The first-order valence-electron chi connectivity index (χ1n) is 3.77. The molecule has 1 atom stereocenters. The number of hydrogen-bond donors (Lipinski definition) is 1. The summed E-state index contributed by atoms with van der Waals surface area (Å²) in [5.74, 6) is -1.16. The molecule has 0 bridgehead atoms. The molecule has 0 aromatic heterocycles. The summed E-state index contributed by atoms with van der Waals surface area (Å²) in [7, 11) is 0. The normalized spacial score (nSPS) is 12.8. The third kappa shape index (κ3) is 4.50. The Balaban J connectivity index is 3.92. The van der Waals surface area contributed by atoms with Crippen molar-refractivity contribution >= 4 is 5.97 Å². The molecule has 2 heteroatoms. The molecule has 1 N–H and O–H groups in total. The van der Waals surface area contributed by atoms with E-state index in [1.54, 1.807) is 25.2 Å². The van der Waals surface area contributed by atoms with E-state index in [1.165, 1.54) is 0 Å². The van der Waals surface area contributed by atoms with Crippen molar-refractivity contribution in [2.45, 2.75) is 13.3 Å². The van der Waals surface area contributed by atoms with Gasteiger partial charge in [0.05, 0.1) is 5.92 Å². The van der Waals surface area contributed by atoms with Gasteiger partial charge < -0.3 is 5.11 Å². The van der Waals surface area contributed by atoms with Gasteiger partial charge in [-0.05, 0) is 6.42 Å². The Labute approximate surface area is 72.9 Å². The van der Waals surface area contributed by atoms with E-state index in [9.17, 15) is 4.79 Å². The van der Waals surface area contributed by atoms with Crippen LogP contribution in [0.2, 0.25) is 0 Å². The Bertz CT molecular complexity index is 214. The Morgan fingerprint density at radius 1 is 1.67 bits per heavy atom. The largest absolute Gasteiger partial charge is 0.481 e. The molecule has 1 unspecified atom stereocenters. The second kappa shape index (κ2) is 5.35. The minimum absolute atomic E-state index is 0.369. The lowest BCUT2D eigenvalue weighted by atomic mass is 10.0. The molecule has 0 amide bonds. The van der Waals surface area contributed by atoms with Crippen LogP contribution in [0.3, 0.4) is 0 Å². The number of rotatable bonds is 5. The quantitative estimate of drug-likeness (QED) is 0.637. The van der Waals surface area contributed by atoms with Crippen molar-refractivity contribution in [2.75, 3.05) is 0 Å². The predicted octanol–water partition coefficient (Wildman–Crippen LogP) is 2.40. The molecule has 0 radical (unpaired) electrons. The fraction of sp³-hybridized carbons (Fsp3) is 0.300. The lowest BCUT2D eigenvalue weighted by molar-refractivity contribution is -0.141. The number of aliphatic carboxylic acids is 1. The summed E-state index contributed by atoms with van der Waals surface area (Å²) in [6.45, 7) is 8.88. The monoisotopic (exact) mass is 166 g/mol. The van der Waals surface area contributed by atoms with Gasteiger partial charge in [-0.3, -0.25) is 4.79 Å². The van der Waals surface area contributed by atoms with Gasteiger partial charge in [0.2, 0.25) is 0 Å². The van der Waals surface area contributed by atoms with Gasteiger partial charge >= 0.3 is 5.97 Å². The van der Waals surface area contributed by atoms with Crippen molar-refractivity contribution in [3.8, 4) is 0 Å². The molecule has 66 valence electrons. The van der Waals surface area contributed by atoms with E-state index in [0.29, 0.717) is 6.42 Å². The molecule has 0 aliphatic heterocycles. The fourth-order valence-electron chi connectivity index (χ4n) is 0.753. The maximum atomic E-state index is 10.4. The highest BCUT2D eigenvalue weighted by molar-refractivity contribution is 5.69. The average molecular weight is 166 g/mol. The maximum absolute atomic E-state index is 10.4. The van der Waals surface area contributed by atoms with Gasteiger partial charge in [-0.15, -0.1) is 0 Å². The van der Waals surface area contributed by atoms with Gasteiger partial charge in [0.1, 0.15) is 0 Å². The summed E-state index contributed by atoms with van der Waals surface area (Å²) in [5, 5.41) is 8.57. The molecule has 0 aliphatic rings. The number of carboxylic acid groups (broad SMARTS) is 1. The molecule has 0 spiro atoms. The number of allylic oxidation sites excluding steroid dienone is 4. The van der Waals surface area contributed by atoms with Gasteiger partial charge in [-0.1, -0.05) is 43.9 Å². The van der Waals surface area contributed by atoms with E-state index in [4.69, 9.17) is 5.11 Å². The predicted molar refractivity (Wildman–Crippen MR) is 49.9 cm³/mol. The van der Waals surface area contributed by atoms with Crippen LogP contribution in [0.5, 0.6) is 0 Å². The molecule has 0 aliphatic carbocycles. The summed E-state index contributed by atoms with van der Waals surface area (Å²) in [6, 6.07) is 0. The molecule has 0 saturated heterocycles. The van der Waals surface area contributed by atoms with Crippen LogP contribution < -0.4 is 0 Å². The molecule has 0 aromatic carbocycles. The SMILES string of the molecule is C=C/C=C\C(=C)CC(C)C(=O)O.